The van der Waals surface area contributed by atoms with Crippen molar-refractivity contribution in [2.24, 2.45) is 4.99 Å². The average molecular weight is 639 g/mol. The van der Waals surface area contributed by atoms with Gasteiger partial charge in [0, 0.05) is 12.0 Å². The number of carbonyl (C=O) groups is 1. The number of hydrogen-bond donors (Lipinski definition) is 0. The van der Waals surface area contributed by atoms with E-state index in [1.165, 1.54) is 17.7 Å². The van der Waals surface area contributed by atoms with Crippen molar-refractivity contribution in [3.8, 4) is 5.75 Å². The third-order valence-electron chi connectivity index (χ3n) is 4.50. The molecule has 3 aromatic carbocycles. The quantitative estimate of drug-likeness (QED) is 0.189. The van der Waals surface area contributed by atoms with Gasteiger partial charge in [0.05, 0.1) is 13.7 Å². The van der Waals surface area contributed by atoms with Gasteiger partial charge in [-0.15, -0.1) is 0 Å². The highest BCUT2D eigenvalue weighted by atomic mass is 127. The standard InChI is InChI=1S/C24H16FI2NO3/c25-18-8-4-7-17(14-18)23-28-21(24(29)31-23)13-16-11-19(26)22(20(27)12-16)30-10-9-15-5-2-1-3-6-15/h1-8,11-14H,9-10H2/b21-13-. The molecule has 1 aliphatic rings. The fourth-order valence-corrected chi connectivity index (χ4v) is 5.16. The largest absolute Gasteiger partial charge is 0.491 e. The van der Waals surface area contributed by atoms with E-state index in [4.69, 9.17) is 9.47 Å². The number of hydrogen-bond acceptors (Lipinski definition) is 4. The summed E-state index contributed by atoms with van der Waals surface area (Å²) in [5.74, 6) is -0.0636. The Morgan fingerprint density at radius 1 is 1.00 bits per heavy atom. The van der Waals surface area contributed by atoms with Crippen LogP contribution in [0.3, 0.4) is 0 Å². The molecule has 0 amide bonds. The molecular formula is C24H16FI2NO3. The van der Waals surface area contributed by atoms with Crippen LogP contribution < -0.4 is 4.74 Å². The molecule has 0 aliphatic carbocycles. The minimum absolute atomic E-state index is 0.0982. The maximum absolute atomic E-state index is 13.4. The fraction of sp³-hybridized carbons (Fsp3) is 0.0833. The minimum atomic E-state index is -0.563. The number of esters is 1. The van der Waals surface area contributed by atoms with E-state index in [1.807, 2.05) is 30.3 Å². The molecule has 0 N–H and O–H groups in total. The molecule has 0 bridgehead atoms. The Bertz CT molecular complexity index is 1170. The van der Waals surface area contributed by atoms with Crippen LogP contribution in [0.2, 0.25) is 0 Å². The first-order chi connectivity index (χ1) is 15.0. The molecule has 7 heteroatoms. The molecule has 4 nitrogen and oxygen atoms in total. The summed E-state index contributed by atoms with van der Waals surface area (Å²) in [7, 11) is 0. The van der Waals surface area contributed by atoms with Crippen molar-refractivity contribution in [2.45, 2.75) is 6.42 Å². The lowest BCUT2D eigenvalue weighted by Gasteiger charge is -2.11. The predicted molar refractivity (Wildman–Crippen MR) is 135 cm³/mol. The third-order valence-corrected chi connectivity index (χ3v) is 6.10. The van der Waals surface area contributed by atoms with Crippen LogP contribution in [0.5, 0.6) is 5.75 Å². The molecule has 0 atom stereocenters. The first-order valence-corrected chi connectivity index (χ1v) is 11.6. The highest BCUT2D eigenvalue weighted by Gasteiger charge is 2.24. The van der Waals surface area contributed by atoms with E-state index < -0.39 is 11.8 Å². The normalized spacial score (nSPS) is 14.5. The van der Waals surface area contributed by atoms with E-state index >= 15 is 0 Å². The van der Waals surface area contributed by atoms with Gasteiger partial charge in [-0.25, -0.2) is 14.2 Å². The van der Waals surface area contributed by atoms with Crippen molar-refractivity contribution >= 4 is 63.1 Å². The summed E-state index contributed by atoms with van der Waals surface area (Å²) < 4.78 is 26.5. The van der Waals surface area contributed by atoms with Gasteiger partial charge in [0.15, 0.2) is 5.70 Å². The first-order valence-electron chi connectivity index (χ1n) is 9.44. The van der Waals surface area contributed by atoms with Gasteiger partial charge >= 0.3 is 5.97 Å². The smallest absolute Gasteiger partial charge is 0.363 e. The van der Waals surface area contributed by atoms with Crippen molar-refractivity contribution in [1.82, 2.24) is 0 Å². The van der Waals surface area contributed by atoms with E-state index in [0.717, 1.165) is 24.9 Å². The lowest BCUT2D eigenvalue weighted by molar-refractivity contribution is -0.129. The Morgan fingerprint density at radius 2 is 1.74 bits per heavy atom. The number of nitrogens with zero attached hydrogens (tertiary/aromatic N) is 1. The average Bonchev–Trinajstić information content (AvgIpc) is 3.11. The lowest BCUT2D eigenvalue weighted by Crippen LogP contribution is -2.05. The highest BCUT2D eigenvalue weighted by molar-refractivity contribution is 14.1. The summed E-state index contributed by atoms with van der Waals surface area (Å²) in [5, 5.41) is 0. The molecule has 0 aromatic heterocycles. The number of benzene rings is 3. The van der Waals surface area contributed by atoms with Crippen LogP contribution >= 0.6 is 45.2 Å². The summed E-state index contributed by atoms with van der Waals surface area (Å²) in [6.45, 7) is 0.573. The Balaban J connectivity index is 1.51. The predicted octanol–water partition coefficient (Wildman–Crippen LogP) is 6.00. The molecule has 0 spiro atoms. The first kappa shape index (κ1) is 21.9. The third kappa shape index (κ3) is 5.51. The molecule has 4 rings (SSSR count). The van der Waals surface area contributed by atoms with Gasteiger partial charge in [-0.2, -0.15) is 0 Å². The van der Waals surface area contributed by atoms with Crippen molar-refractivity contribution in [3.05, 3.63) is 102 Å². The molecule has 0 radical (unpaired) electrons. The van der Waals surface area contributed by atoms with Crippen LogP contribution in [0.15, 0.2) is 77.4 Å². The number of rotatable bonds is 6. The van der Waals surface area contributed by atoms with Crippen LogP contribution in [0.25, 0.3) is 6.08 Å². The van der Waals surface area contributed by atoms with Crippen LogP contribution in [0.4, 0.5) is 4.39 Å². The number of ether oxygens (including phenoxy) is 2. The summed E-state index contributed by atoms with van der Waals surface area (Å²) in [4.78, 5) is 16.5. The van der Waals surface area contributed by atoms with Crippen molar-refractivity contribution < 1.29 is 18.7 Å². The monoisotopic (exact) mass is 639 g/mol. The van der Waals surface area contributed by atoms with Gasteiger partial charge in [-0.3, -0.25) is 0 Å². The van der Waals surface area contributed by atoms with Gasteiger partial charge < -0.3 is 9.47 Å². The Kier molecular flexibility index (Phi) is 7.01. The van der Waals surface area contributed by atoms with Crippen molar-refractivity contribution in [1.29, 1.82) is 0 Å². The molecule has 3 aromatic rings. The Labute approximate surface area is 206 Å². The van der Waals surface area contributed by atoms with Gasteiger partial charge in [-0.1, -0.05) is 36.4 Å². The highest BCUT2D eigenvalue weighted by Crippen LogP contribution is 2.30. The second kappa shape index (κ2) is 9.90. The molecule has 0 unspecified atom stereocenters. The van der Waals surface area contributed by atoms with E-state index in [9.17, 15) is 9.18 Å². The SMILES string of the molecule is O=C1OC(c2cccc(F)c2)=N/C1=C\c1cc(I)c(OCCc2ccccc2)c(I)c1. The lowest BCUT2D eigenvalue weighted by atomic mass is 10.1. The molecule has 156 valence electrons. The number of aliphatic imine (C=N–C) groups is 1. The van der Waals surface area contributed by atoms with E-state index in [2.05, 4.69) is 62.3 Å². The van der Waals surface area contributed by atoms with Gasteiger partial charge in [0.2, 0.25) is 5.90 Å². The van der Waals surface area contributed by atoms with Crippen LogP contribution in [0.1, 0.15) is 16.7 Å². The van der Waals surface area contributed by atoms with Gasteiger partial charge in [-0.05, 0) is 92.7 Å². The summed E-state index contributed by atoms with van der Waals surface area (Å²) in [6, 6.07) is 19.8. The minimum Gasteiger partial charge on any atom is -0.491 e. The van der Waals surface area contributed by atoms with E-state index in [-0.39, 0.29) is 11.6 Å². The maximum Gasteiger partial charge on any atom is 0.363 e. The maximum atomic E-state index is 13.4. The number of halogens is 3. The number of carbonyl (C=O) groups excluding carboxylic acids is 1. The molecule has 1 aliphatic heterocycles. The van der Waals surface area contributed by atoms with Gasteiger partial charge in [0.1, 0.15) is 11.6 Å². The van der Waals surface area contributed by atoms with Crippen LogP contribution in [0, 0.1) is 13.0 Å². The molecule has 1 heterocycles. The zero-order valence-corrected chi connectivity index (χ0v) is 20.5. The summed E-state index contributed by atoms with van der Waals surface area (Å²) in [6.07, 6.45) is 2.48. The Morgan fingerprint density at radius 3 is 2.45 bits per heavy atom. The molecule has 0 saturated carbocycles. The van der Waals surface area contributed by atoms with E-state index in [1.54, 1.807) is 18.2 Å². The summed E-state index contributed by atoms with van der Waals surface area (Å²) >= 11 is 4.44. The zero-order chi connectivity index (χ0) is 21.8. The topological polar surface area (TPSA) is 47.9 Å². The van der Waals surface area contributed by atoms with E-state index in [0.29, 0.717) is 12.2 Å². The Hall–Kier alpha value is -2.27. The van der Waals surface area contributed by atoms with Gasteiger partial charge in [0.25, 0.3) is 0 Å². The fourth-order valence-electron chi connectivity index (χ4n) is 3.03. The molecule has 0 fully saturated rings. The van der Waals surface area contributed by atoms with Crippen molar-refractivity contribution in [2.75, 3.05) is 6.61 Å². The molecule has 0 saturated heterocycles. The second-order valence-corrected chi connectivity index (χ2v) is 9.07. The zero-order valence-electron chi connectivity index (χ0n) is 16.1. The number of cyclic esters (lactones) is 1. The van der Waals surface area contributed by atoms with Crippen LogP contribution in [-0.4, -0.2) is 18.5 Å². The second-order valence-electron chi connectivity index (χ2n) is 6.74. The summed E-state index contributed by atoms with van der Waals surface area (Å²) in [5.41, 5.74) is 2.62. The molecular weight excluding hydrogens is 623 g/mol. The molecule has 31 heavy (non-hydrogen) atoms. The van der Waals surface area contributed by atoms with Crippen molar-refractivity contribution in [3.63, 3.8) is 0 Å². The van der Waals surface area contributed by atoms with Crippen LogP contribution in [-0.2, 0) is 16.0 Å².